The number of hydrogen-bond donors (Lipinski definition) is 0. The lowest BCUT2D eigenvalue weighted by Crippen LogP contribution is -2.64. The average Bonchev–Trinajstić information content (AvgIpc) is 3.17. The topological polar surface area (TPSA) is 61.8 Å². The minimum absolute atomic E-state index is 0.148. The van der Waals surface area contributed by atoms with Gasteiger partial charge in [-0.05, 0) is 84.5 Å². The minimum atomic E-state index is -0.518. The Labute approximate surface area is 203 Å². The van der Waals surface area contributed by atoms with Gasteiger partial charge in [-0.2, -0.15) is 0 Å². The van der Waals surface area contributed by atoms with Crippen molar-refractivity contribution >= 4 is 11.9 Å². The number of esters is 2. The van der Waals surface area contributed by atoms with Crippen LogP contribution in [0.3, 0.4) is 0 Å². The Morgan fingerprint density at radius 1 is 1.00 bits per heavy atom. The van der Waals surface area contributed by atoms with Crippen molar-refractivity contribution in [1.82, 2.24) is 0 Å². The fourth-order valence-corrected chi connectivity index (χ4v) is 8.74. The van der Waals surface area contributed by atoms with Crippen LogP contribution in [-0.2, 0) is 14.3 Å². The summed E-state index contributed by atoms with van der Waals surface area (Å²) in [6, 6.07) is 7.10. The highest BCUT2D eigenvalue weighted by atomic mass is 16.5. The second-order valence-corrected chi connectivity index (χ2v) is 12.2. The van der Waals surface area contributed by atoms with Gasteiger partial charge in [0.2, 0.25) is 0 Å². The summed E-state index contributed by atoms with van der Waals surface area (Å²) < 4.78 is 16.8. The number of benzene rings is 1. The van der Waals surface area contributed by atoms with E-state index >= 15 is 0 Å². The van der Waals surface area contributed by atoms with Gasteiger partial charge in [-0.25, -0.2) is 0 Å². The standard InChI is InChI=1S/C29H38O5/c1-26(2)14-6-15-27(3)22(26)13-16-28(4)23(27)12-11-21(29(28)17-24(30)33-18-29)25(31)34-20-9-7-19(32-5)8-10-20/h6-10,14,21-23H,11-13,15-18H2,1-5H3/t21-,22?,23?,27+,28-,29+/m1/s1. The quantitative estimate of drug-likeness (QED) is 0.312. The molecule has 0 bridgehead atoms. The van der Waals surface area contributed by atoms with Crippen LogP contribution < -0.4 is 9.47 Å². The Balaban J connectivity index is 1.49. The summed E-state index contributed by atoms with van der Waals surface area (Å²) in [4.78, 5) is 26.2. The van der Waals surface area contributed by atoms with Crippen molar-refractivity contribution in [2.75, 3.05) is 13.7 Å². The van der Waals surface area contributed by atoms with Crippen LogP contribution in [0.5, 0.6) is 11.5 Å². The van der Waals surface area contributed by atoms with Crippen molar-refractivity contribution in [3.63, 3.8) is 0 Å². The minimum Gasteiger partial charge on any atom is -0.497 e. The highest BCUT2D eigenvalue weighted by Gasteiger charge is 2.70. The first-order valence-electron chi connectivity index (χ1n) is 12.7. The normalized spacial score (nSPS) is 40.3. The van der Waals surface area contributed by atoms with Crippen molar-refractivity contribution in [1.29, 1.82) is 0 Å². The van der Waals surface area contributed by atoms with Crippen LogP contribution >= 0.6 is 0 Å². The Bertz CT molecular complexity index is 1010. The largest absolute Gasteiger partial charge is 0.497 e. The van der Waals surface area contributed by atoms with Crippen LogP contribution in [0.15, 0.2) is 36.4 Å². The van der Waals surface area contributed by atoms with Gasteiger partial charge in [-0.15, -0.1) is 0 Å². The third-order valence-corrected chi connectivity index (χ3v) is 10.4. The van der Waals surface area contributed by atoms with Crippen molar-refractivity contribution in [2.45, 2.75) is 66.2 Å². The molecule has 2 saturated carbocycles. The van der Waals surface area contributed by atoms with E-state index in [9.17, 15) is 9.59 Å². The second-order valence-electron chi connectivity index (χ2n) is 12.2. The molecule has 1 saturated heterocycles. The van der Waals surface area contributed by atoms with Crippen LogP contribution in [0, 0.1) is 39.4 Å². The second kappa shape index (κ2) is 7.86. The first kappa shape index (κ1) is 23.4. The van der Waals surface area contributed by atoms with Gasteiger partial charge in [-0.1, -0.05) is 39.8 Å². The molecule has 0 aromatic heterocycles. The summed E-state index contributed by atoms with van der Waals surface area (Å²) in [5.74, 6) is 1.49. The third kappa shape index (κ3) is 3.25. The van der Waals surface area contributed by atoms with Gasteiger partial charge in [0.15, 0.2) is 0 Å². The Morgan fingerprint density at radius 2 is 1.71 bits per heavy atom. The lowest BCUT2D eigenvalue weighted by atomic mass is 9.36. The molecule has 0 radical (unpaired) electrons. The molecule has 3 aliphatic carbocycles. The lowest BCUT2D eigenvalue weighted by Gasteiger charge is -2.67. The highest BCUT2D eigenvalue weighted by molar-refractivity contribution is 5.80. The van der Waals surface area contributed by atoms with Gasteiger partial charge in [-0.3, -0.25) is 9.59 Å². The number of fused-ring (bicyclic) bond motifs is 4. The lowest BCUT2D eigenvalue weighted by molar-refractivity contribution is -0.203. The van der Waals surface area contributed by atoms with Gasteiger partial charge in [0, 0.05) is 5.41 Å². The molecule has 5 rings (SSSR count). The molecule has 1 spiro atoms. The summed E-state index contributed by atoms with van der Waals surface area (Å²) >= 11 is 0. The molecular formula is C29H38O5. The Morgan fingerprint density at radius 3 is 2.35 bits per heavy atom. The van der Waals surface area contributed by atoms with E-state index in [1.807, 2.05) is 0 Å². The van der Waals surface area contributed by atoms with Gasteiger partial charge in [0.25, 0.3) is 0 Å². The number of methoxy groups -OCH3 is 1. The molecule has 5 heteroatoms. The predicted octanol–water partition coefficient (Wildman–Crippen LogP) is 5.97. The zero-order valence-electron chi connectivity index (χ0n) is 21.2. The molecule has 1 aliphatic heterocycles. The van der Waals surface area contributed by atoms with E-state index < -0.39 is 5.41 Å². The molecule has 5 nitrogen and oxygen atoms in total. The molecule has 0 amide bonds. The van der Waals surface area contributed by atoms with Gasteiger partial charge in [0.1, 0.15) is 11.5 Å². The molecule has 1 heterocycles. The number of ether oxygens (including phenoxy) is 3. The summed E-state index contributed by atoms with van der Waals surface area (Å²) in [6.07, 6.45) is 9.97. The first-order valence-corrected chi connectivity index (χ1v) is 12.7. The van der Waals surface area contributed by atoms with Crippen LogP contribution in [-0.4, -0.2) is 25.7 Å². The molecule has 1 aromatic carbocycles. The van der Waals surface area contributed by atoms with Crippen molar-refractivity contribution in [3.8, 4) is 11.5 Å². The Hall–Kier alpha value is -2.30. The highest BCUT2D eigenvalue weighted by Crippen LogP contribution is 2.72. The number of hydrogen-bond acceptors (Lipinski definition) is 5. The molecule has 1 aromatic rings. The van der Waals surface area contributed by atoms with Crippen LogP contribution in [0.25, 0.3) is 0 Å². The molecule has 3 fully saturated rings. The van der Waals surface area contributed by atoms with E-state index in [2.05, 4.69) is 39.8 Å². The summed E-state index contributed by atoms with van der Waals surface area (Å²) in [6.45, 7) is 9.86. The molecule has 34 heavy (non-hydrogen) atoms. The number of allylic oxidation sites excluding steroid dienone is 2. The molecule has 6 atom stereocenters. The predicted molar refractivity (Wildman–Crippen MR) is 129 cm³/mol. The summed E-state index contributed by atoms with van der Waals surface area (Å²) in [7, 11) is 1.61. The zero-order chi connectivity index (χ0) is 24.4. The number of carbonyl (C=O) groups is 2. The van der Waals surface area contributed by atoms with Gasteiger partial charge >= 0.3 is 11.9 Å². The van der Waals surface area contributed by atoms with Gasteiger partial charge < -0.3 is 14.2 Å². The van der Waals surface area contributed by atoms with E-state index in [0.29, 0.717) is 36.4 Å². The van der Waals surface area contributed by atoms with E-state index in [1.165, 1.54) is 0 Å². The fourth-order valence-electron chi connectivity index (χ4n) is 8.74. The van der Waals surface area contributed by atoms with Crippen LogP contribution in [0.1, 0.15) is 66.2 Å². The van der Waals surface area contributed by atoms with Crippen molar-refractivity contribution in [2.24, 2.45) is 39.4 Å². The molecule has 184 valence electrons. The van der Waals surface area contributed by atoms with Crippen LogP contribution in [0.2, 0.25) is 0 Å². The average molecular weight is 467 g/mol. The smallest absolute Gasteiger partial charge is 0.315 e. The maximum absolute atomic E-state index is 13.6. The van der Waals surface area contributed by atoms with Crippen LogP contribution in [0.4, 0.5) is 0 Å². The fraction of sp³-hybridized carbons (Fsp3) is 0.655. The number of cyclic esters (lactones) is 1. The molecular weight excluding hydrogens is 428 g/mol. The van der Waals surface area contributed by atoms with Crippen molar-refractivity contribution in [3.05, 3.63) is 36.4 Å². The maximum Gasteiger partial charge on any atom is 0.315 e. The molecule has 0 N–H and O–H groups in total. The van der Waals surface area contributed by atoms with Gasteiger partial charge in [0.05, 0.1) is 26.1 Å². The van der Waals surface area contributed by atoms with E-state index in [1.54, 1.807) is 31.4 Å². The summed E-state index contributed by atoms with van der Waals surface area (Å²) in [5.41, 5.74) is -0.369. The number of rotatable bonds is 3. The SMILES string of the molecule is COc1ccc(OC(=O)[C@H]2CCC3[C@@]4(C)CC=CC(C)(C)C4CC[C@@]3(C)[C@@]23COC(=O)C3)cc1. The number of carbonyl (C=O) groups excluding carboxylic acids is 2. The molecule has 2 unspecified atom stereocenters. The maximum atomic E-state index is 13.6. The zero-order valence-corrected chi connectivity index (χ0v) is 21.2. The first-order chi connectivity index (χ1) is 16.1. The molecule has 4 aliphatic rings. The van der Waals surface area contributed by atoms with Crippen molar-refractivity contribution < 1.29 is 23.8 Å². The summed E-state index contributed by atoms with van der Waals surface area (Å²) in [5, 5.41) is 0. The van der Waals surface area contributed by atoms with E-state index in [0.717, 1.165) is 32.1 Å². The monoisotopic (exact) mass is 466 g/mol. The third-order valence-electron chi connectivity index (χ3n) is 10.4. The van der Waals surface area contributed by atoms with E-state index in [-0.39, 0.29) is 34.1 Å². The van der Waals surface area contributed by atoms with E-state index in [4.69, 9.17) is 14.2 Å². The Kier molecular flexibility index (Phi) is 5.42.